The molecule has 0 aliphatic heterocycles. The maximum atomic E-state index is 13.7. The number of sulfonamides is 1. The molecule has 1 saturated carbocycles. The number of hydrogen-bond acceptors (Lipinski definition) is 3. The Kier molecular flexibility index (Phi) is 6.72. The molecule has 1 aliphatic carbocycles. The first-order chi connectivity index (χ1) is 14.4. The van der Waals surface area contributed by atoms with Gasteiger partial charge in [-0.25, -0.2) is 8.42 Å². The Morgan fingerprint density at radius 3 is 2.19 bits per heavy atom. The molecule has 0 saturated heterocycles. The van der Waals surface area contributed by atoms with E-state index in [2.05, 4.69) is 6.58 Å². The summed E-state index contributed by atoms with van der Waals surface area (Å²) >= 11 is 0. The molecule has 0 atom stereocenters. The predicted molar refractivity (Wildman–Crippen MR) is 113 cm³/mol. The summed E-state index contributed by atoms with van der Waals surface area (Å²) < 4.78 is 72.4. The van der Waals surface area contributed by atoms with E-state index in [1.807, 2.05) is 6.92 Å². The minimum Gasteiger partial charge on any atom is -0.455 e. The average Bonchev–Trinajstić information content (AvgIpc) is 3.11. The van der Waals surface area contributed by atoms with E-state index in [9.17, 15) is 21.6 Å². The highest BCUT2D eigenvalue weighted by molar-refractivity contribution is 7.89. The Balaban J connectivity index is 1.97. The summed E-state index contributed by atoms with van der Waals surface area (Å²) in [5, 5.41) is 0. The van der Waals surface area contributed by atoms with Crippen LogP contribution in [0.1, 0.15) is 53.9 Å². The van der Waals surface area contributed by atoms with Crippen LogP contribution in [-0.4, -0.2) is 19.3 Å². The molecule has 1 aliphatic rings. The van der Waals surface area contributed by atoms with Crippen LogP contribution in [0.3, 0.4) is 0 Å². The lowest BCUT2D eigenvalue weighted by Gasteiger charge is -2.30. The first kappa shape index (κ1) is 23.6. The number of halogens is 3. The molecule has 3 rings (SSSR count). The number of allylic oxidation sites excluding steroid dienone is 1. The van der Waals surface area contributed by atoms with Crippen LogP contribution in [-0.2, 0) is 22.7 Å². The third-order valence-corrected chi connectivity index (χ3v) is 7.87. The maximum absolute atomic E-state index is 13.7. The first-order valence-electron chi connectivity index (χ1n) is 10.3. The number of hydrogen-bond donors (Lipinski definition) is 0. The number of aryl methyl sites for hydroxylation is 3. The van der Waals surface area contributed by atoms with Gasteiger partial charge in [0.25, 0.3) is 0 Å². The monoisotopic (exact) mass is 455 g/mol. The Morgan fingerprint density at radius 2 is 1.68 bits per heavy atom. The number of rotatable bonds is 6. The highest BCUT2D eigenvalue weighted by atomic mass is 32.2. The molecule has 0 spiro atoms. The SMILES string of the molecule is C=C1CCC(CN(Cc2ccc(C(F)(F)F)o2)S(=O)(=O)c2c(C)cc(C)cc2C)CC1. The molecular formula is C23H28F3NO3S. The molecule has 0 amide bonds. The fourth-order valence-electron chi connectivity index (χ4n) is 4.30. The molecule has 0 radical (unpaired) electrons. The second kappa shape index (κ2) is 8.82. The highest BCUT2D eigenvalue weighted by Crippen LogP contribution is 2.34. The van der Waals surface area contributed by atoms with Crippen LogP contribution in [0.2, 0.25) is 0 Å². The second-order valence-electron chi connectivity index (χ2n) is 8.48. The predicted octanol–water partition coefficient (Wildman–Crippen LogP) is 6.16. The molecule has 0 unspecified atom stereocenters. The van der Waals surface area contributed by atoms with Crippen molar-refractivity contribution in [2.24, 2.45) is 5.92 Å². The van der Waals surface area contributed by atoms with Crippen molar-refractivity contribution in [3.05, 3.63) is 64.6 Å². The summed E-state index contributed by atoms with van der Waals surface area (Å²) in [6.07, 6.45) is -1.33. The minimum absolute atomic E-state index is 0.0291. The second-order valence-corrected chi connectivity index (χ2v) is 10.4. The molecule has 8 heteroatoms. The van der Waals surface area contributed by atoms with E-state index in [1.165, 1.54) is 10.4 Å². The van der Waals surface area contributed by atoms with Gasteiger partial charge in [-0.2, -0.15) is 17.5 Å². The Bertz CT molecular complexity index is 1040. The summed E-state index contributed by atoms with van der Waals surface area (Å²) in [6, 6.07) is 5.64. The van der Waals surface area contributed by atoms with Gasteiger partial charge < -0.3 is 4.42 Å². The van der Waals surface area contributed by atoms with E-state index in [0.717, 1.165) is 42.9 Å². The fraction of sp³-hybridized carbons (Fsp3) is 0.478. The van der Waals surface area contributed by atoms with Gasteiger partial charge in [-0.05, 0) is 75.6 Å². The normalized spacial score (nSPS) is 16.3. The standard InChI is InChI=1S/C23H28F3NO3S/c1-15-5-7-19(8-6-15)13-27(14-20-9-10-21(30-20)23(24,25)26)31(28,29)22-17(3)11-16(2)12-18(22)4/h9-12,19H,1,5-8,13-14H2,2-4H3. The molecule has 1 heterocycles. The van der Waals surface area contributed by atoms with Crippen LogP contribution < -0.4 is 0 Å². The van der Waals surface area contributed by atoms with Gasteiger partial charge in [0.2, 0.25) is 15.8 Å². The van der Waals surface area contributed by atoms with Gasteiger partial charge in [0.1, 0.15) is 5.76 Å². The molecule has 2 aromatic rings. The first-order valence-corrected chi connectivity index (χ1v) is 11.7. The molecule has 170 valence electrons. The Morgan fingerprint density at radius 1 is 1.10 bits per heavy atom. The summed E-state index contributed by atoms with van der Waals surface area (Å²) in [5.74, 6) is -1.04. The van der Waals surface area contributed by atoms with Crippen molar-refractivity contribution in [1.29, 1.82) is 0 Å². The molecule has 0 bridgehead atoms. The molecular weight excluding hydrogens is 427 g/mol. The number of nitrogens with zero attached hydrogens (tertiary/aromatic N) is 1. The van der Waals surface area contributed by atoms with Crippen LogP contribution >= 0.6 is 0 Å². The van der Waals surface area contributed by atoms with Gasteiger partial charge in [-0.3, -0.25) is 0 Å². The highest BCUT2D eigenvalue weighted by Gasteiger charge is 2.36. The third kappa shape index (κ3) is 5.41. The zero-order chi connectivity index (χ0) is 23.0. The average molecular weight is 456 g/mol. The van der Waals surface area contributed by atoms with Crippen LogP contribution in [0, 0.1) is 26.7 Å². The van der Waals surface area contributed by atoms with Crippen molar-refractivity contribution in [2.45, 2.75) is 64.1 Å². The van der Waals surface area contributed by atoms with Crippen LogP contribution in [0.15, 0.2) is 45.7 Å². The zero-order valence-corrected chi connectivity index (χ0v) is 18.9. The van der Waals surface area contributed by atoms with Gasteiger partial charge in [-0.15, -0.1) is 0 Å². The van der Waals surface area contributed by atoms with Crippen molar-refractivity contribution in [3.8, 4) is 0 Å². The summed E-state index contributed by atoms with van der Waals surface area (Å²) in [4.78, 5) is 0.209. The van der Waals surface area contributed by atoms with Crippen LogP contribution in [0.25, 0.3) is 0 Å². The Hall–Kier alpha value is -2.06. The number of furan rings is 1. The number of benzene rings is 1. The molecule has 1 aromatic heterocycles. The van der Waals surface area contributed by atoms with E-state index in [-0.39, 0.29) is 29.7 Å². The summed E-state index contributed by atoms with van der Waals surface area (Å²) in [5.41, 5.74) is 3.34. The van der Waals surface area contributed by atoms with Crippen LogP contribution in [0.4, 0.5) is 13.2 Å². The topological polar surface area (TPSA) is 50.5 Å². The van der Waals surface area contributed by atoms with Gasteiger partial charge in [0.15, 0.2) is 0 Å². The zero-order valence-electron chi connectivity index (χ0n) is 18.1. The van der Waals surface area contributed by atoms with E-state index in [0.29, 0.717) is 11.1 Å². The van der Waals surface area contributed by atoms with E-state index in [4.69, 9.17) is 4.42 Å². The molecule has 1 aromatic carbocycles. The third-order valence-electron chi connectivity index (χ3n) is 5.75. The number of alkyl halides is 3. The van der Waals surface area contributed by atoms with E-state index < -0.39 is 22.0 Å². The van der Waals surface area contributed by atoms with Gasteiger partial charge in [0.05, 0.1) is 11.4 Å². The van der Waals surface area contributed by atoms with Crippen LogP contribution in [0.5, 0.6) is 0 Å². The van der Waals surface area contributed by atoms with Gasteiger partial charge in [-0.1, -0.05) is 29.8 Å². The lowest BCUT2D eigenvalue weighted by molar-refractivity contribution is -0.153. The van der Waals surface area contributed by atoms with Crippen molar-refractivity contribution in [1.82, 2.24) is 4.31 Å². The van der Waals surface area contributed by atoms with Gasteiger partial charge >= 0.3 is 6.18 Å². The van der Waals surface area contributed by atoms with Crippen molar-refractivity contribution in [3.63, 3.8) is 0 Å². The largest absolute Gasteiger partial charge is 0.455 e. The van der Waals surface area contributed by atoms with E-state index >= 15 is 0 Å². The maximum Gasteiger partial charge on any atom is 0.449 e. The summed E-state index contributed by atoms with van der Waals surface area (Å²) in [6.45, 7) is 9.35. The van der Waals surface area contributed by atoms with E-state index in [1.54, 1.807) is 26.0 Å². The molecule has 1 fully saturated rings. The van der Waals surface area contributed by atoms with Crippen molar-refractivity contribution >= 4 is 10.0 Å². The minimum atomic E-state index is -4.62. The van der Waals surface area contributed by atoms with Gasteiger partial charge in [0, 0.05) is 6.54 Å². The Labute approximate surface area is 181 Å². The smallest absolute Gasteiger partial charge is 0.449 e. The lowest BCUT2D eigenvalue weighted by Crippen LogP contribution is -2.36. The quantitative estimate of drug-likeness (QED) is 0.490. The van der Waals surface area contributed by atoms with Crippen molar-refractivity contribution in [2.75, 3.05) is 6.54 Å². The van der Waals surface area contributed by atoms with Crippen molar-refractivity contribution < 1.29 is 26.0 Å². The fourth-order valence-corrected chi connectivity index (χ4v) is 6.19. The molecule has 4 nitrogen and oxygen atoms in total. The molecule has 31 heavy (non-hydrogen) atoms. The molecule has 0 N–H and O–H groups in total. The lowest BCUT2D eigenvalue weighted by atomic mass is 9.86. The summed E-state index contributed by atoms with van der Waals surface area (Å²) in [7, 11) is -3.95.